The minimum absolute atomic E-state index is 0.275. The summed E-state index contributed by atoms with van der Waals surface area (Å²) in [5.41, 5.74) is 0.940. The highest BCUT2D eigenvalue weighted by molar-refractivity contribution is 9.10. The van der Waals surface area contributed by atoms with E-state index in [1.807, 2.05) is 0 Å². The second kappa shape index (κ2) is 7.49. The van der Waals surface area contributed by atoms with E-state index in [1.165, 1.54) is 12.1 Å². The Hall–Kier alpha value is -3.00. The molecule has 0 saturated carbocycles. The van der Waals surface area contributed by atoms with Gasteiger partial charge in [-0.3, -0.25) is 19.2 Å². The molecule has 0 fully saturated rings. The number of amides is 3. The Morgan fingerprint density at radius 2 is 1.54 bits per heavy atom. The lowest BCUT2D eigenvalue weighted by Gasteiger charge is -2.14. The van der Waals surface area contributed by atoms with Gasteiger partial charge in [-0.15, -0.1) is 0 Å². The fourth-order valence-corrected chi connectivity index (χ4v) is 2.66. The summed E-state index contributed by atoms with van der Waals surface area (Å²) in [6, 6.07) is 13.0. The Morgan fingerprint density at radius 3 is 2.12 bits per heavy atom. The monoisotopic (exact) mass is 416 g/mol. The average molecular weight is 417 g/mol. The van der Waals surface area contributed by atoms with E-state index in [-0.39, 0.29) is 17.7 Å². The lowest BCUT2D eigenvalue weighted by molar-refractivity contribution is -0.145. The number of esters is 1. The first kappa shape index (κ1) is 17.8. The number of ether oxygens (including phenoxy) is 1. The first-order valence-corrected chi connectivity index (χ1v) is 8.41. The van der Waals surface area contributed by atoms with Gasteiger partial charge in [0.2, 0.25) is 0 Å². The summed E-state index contributed by atoms with van der Waals surface area (Å²) in [5.74, 6) is -2.23. The molecule has 7 nitrogen and oxygen atoms in total. The van der Waals surface area contributed by atoms with E-state index in [9.17, 15) is 19.2 Å². The van der Waals surface area contributed by atoms with Gasteiger partial charge in [0.05, 0.1) is 11.1 Å². The van der Waals surface area contributed by atoms with Gasteiger partial charge in [-0.05, 0) is 36.4 Å². The maximum atomic E-state index is 12.1. The highest BCUT2D eigenvalue weighted by Crippen LogP contribution is 2.22. The molecule has 3 amide bonds. The van der Waals surface area contributed by atoms with Gasteiger partial charge in [0.15, 0.2) is 6.73 Å². The van der Waals surface area contributed by atoms with E-state index in [0.717, 1.165) is 9.37 Å². The van der Waals surface area contributed by atoms with Gasteiger partial charge in [-0.25, -0.2) is 4.90 Å². The zero-order valence-electron chi connectivity index (χ0n) is 13.4. The molecular formula is C18H13BrN2O5. The number of carbonyl (C=O) groups excluding carboxylic acids is 4. The van der Waals surface area contributed by atoms with Crippen molar-refractivity contribution in [3.8, 4) is 0 Å². The third-order valence-corrected chi connectivity index (χ3v) is 4.26. The molecule has 0 radical (unpaired) electrons. The van der Waals surface area contributed by atoms with Crippen molar-refractivity contribution in [1.29, 1.82) is 0 Å². The van der Waals surface area contributed by atoms with Crippen LogP contribution < -0.4 is 5.32 Å². The van der Waals surface area contributed by atoms with Gasteiger partial charge < -0.3 is 10.1 Å². The lowest BCUT2D eigenvalue weighted by atomic mass is 10.1. The molecule has 0 saturated heterocycles. The molecule has 2 aromatic carbocycles. The third-order valence-electron chi connectivity index (χ3n) is 3.73. The highest BCUT2D eigenvalue weighted by Gasteiger charge is 2.35. The maximum absolute atomic E-state index is 12.1. The molecule has 1 heterocycles. The largest absolute Gasteiger partial charge is 0.442 e. The molecule has 0 bridgehead atoms. The van der Waals surface area contributed by atoms with Crippen LogP contribution in [0.2, 0.25) is 0 Å². The van der Waals surface area contributed by atoms with Crippen molar-refractivity contribution in [3.63, 3.8) is 0 Å². The summed E-state index contributed by atoms with van der Waals surface area (Å²) in [7, 11) is 0. The number of carbonyl (C=O) groups is 4. The minimum Gasteiger partial charge on any atom is -0.442 e. The van der Waals surface area contributed by atoms with Crippen molar-refractivity contribution in [3.05, 3.63) is 69.7 Å². The first-order valence-electron chi connectivity index (χ1n) is 7.62. The SMILES string of the molecule is O=C(CNC(=O)c1ccc(Br)cc1)OCN1C(=O)c2ccccc2C1=O. The fourth-order valence-electron chi connectivity index (χ4n) is 2.40. The van der Waals surface area contributed by atoms with Crippen molar-refractivity contribution in [1.82, 2.24) is 10.2 Å². The Kier molecular flexibility index (Phi) is 5.13. The Bertz CT molecular complexity index is 860. The van der Waals surface area contributed by atoms with Gasteiger partial charge in [0.25, 0.3) is 17.7 Å². The molecule has 1 aliphatic rings. The van der Waals surface area contributed by atoms with E-state index in [1.54, 1.807) is 36.4 Å². The number of hydrogen-bond donors (Lipinski definition) is 1. The molecule has 0 aromatic heterocycles. The van der Waals surface area contributed by atoms with Crippen LogP contribution in [0.15, 0.2) is 53.0 Å². The molecule has 1 N–H and O–H groups in total. The molecule has 0 aliphatic carbocycles. The van der Waals surface area contributed by atoms with E-state index in [4.69, 9.17) is 4.74 Å². The van der Waals surface area contributed by atoms with Crippen molar-refractivity contribution in [2.24, 2.45) is 0 Å². The predicted molar refractivity (Wildman–Crippen MR) is 94.4 cm³/mol. The summed E-state index contributed by atoms with van der Waals surface area (Å²) >= 11 is 3.26. The van der Waals surface area contributed by atoms with E-state index in [0.29, 0.717) is 5.56 Å². The Labute approximate surface area is 157 Å². The van der Waals surface area contributed by atoms with Crippen molar-refractivity contribution < 1.29 is 23.9 Å². The number of fused-ring (bicyclic) bond motifs is 1. The summed E-state index contributed by atoms with van der Waals surface area (Å²) in [5, 5.41) is 2.42. The zero-order valence-corrected chi connectivity index (χ0v) is 15.0. The van der Waals surface area contributed by atoms with Gasteiger partial charge in [0, 0.05) is 10.0 Å². The molecule has 0 atom stereocenters. The quantitative estimate of drug-likeness (QED) is 0.594. The number of benzene rings is 2. The average Bonchev–Trinajstić information content (AvgIpc) is 2.89. The molecule has 8 heteroatoms. The molecule has 1 aliphatic heterocycles. The second-order valence-electron chi connectivity index (χ2n) is 5.42. The fraction of sp³-hybridized carbons (Fsp3) is 0.111. The Morgan fingerprint density at radius 1 is 0.962 bits per heavy atom. The summed E-state index contributed by atoms with van der Waals surface area (Å²) in [4.78, 5) is 48.8. The third kappa shape index (κ3) is 3.65. The van der Waals surface area contributed by atoms with Crippen LogP contribution in [-0.4, -0.2) is 41.9 Å². The van der Waals surface area contributed by atoms with Crippen LogP contribution in [0, 0.1) is 0 Å². The smallest absolute Gasteiger partial charge is 0.327 e. The molecule has 132 valence electrons. The van der Waals surface area contributed by atoms with Crippen LogP contribution in [0.3, 0.4) is 0 Å². The predicted octanol–water partition coefficient (Wildman–Crippen LogP) is 1.98. The number of hydrogen-bond acceptors (Lipinski definition) is 5. The molecular weight excluding hydrogens is 404 g/mol. The highest BCUT2D eigenvalue weighted by atomic mass is 79.9. The number of imide groups is 1. The van der Waals surface area contributed by atoms with Crippen LogP contribution in [-0.2, 0) is 9.53 Å². The van der Waals surface area contributed by atoms with Crippen LogP contribution >= 0.6 is 15.9 Å². The first-order chi connectivity index (χ1) is 12.5. The topological polar surface area (TPSA) is 92.8 Å². The summed E-state index contributed by atoms with van der Waals surface area (Å²) in [6.07, 6.45) is 0. The van der Waals surface area contributed by atoms with Gasteiger partial charge in [-0.2, -0.15) is 0 Å². The number of nitrogens with zero attached hydrogens (tertiary/aromatic N) is 1. The van der Waals surface area contributed by atoms with Crippen LogP contribution in [0.25, 0.3) is 0 Å². The van der Waals surface area contributed by atoms with E-state index < -0.39 is 30.4 Å². The molecule has 0 spiro atoms. The van der Waals surface area contributed by atoms with E-state index in [2.05, 4.69) is 21.2 Å². The van der Waals surface area contributed by atoms with E-state index >= 15 is 0 Å². The normalized spacial score (nSPS) is 12.7. The van der Waals surface area contributed by atoms with Crippen molar-refractivity contribution in [2.75, 3.05) is 13.3 Å². The van der Waals surface area contributed by atoms with Gasteiger partial charge in [-0.1, -0.05) is 28.1 Å². The number of rotatable bonds is 5. The van der Waals surface area contributed by atoms with Crippen molar-refractivity contribution >= 4 is 39.6 Å². The van der Waals surface area contributed by atoms with Crippen LogP contribution in [0.5, 0.6) is 0 Å². The summed E-state index contributed by atoms with van der Waals surface area (Å²) in [6.45, 7) is -0.878. The minimum atomic E-state index is -0.757. The molecule has 3 rings (SSSR count). The van der Waals surface area contributed by atoms with Crippen LogP contribution in [0.4, 0.5) is 0 Å². The van der Waals surface area contributed by atoms with Gasteiger partial charge in [0.1, 0.15) is 6.54 Å². The molecule has 2 aromatic rings. The zero-order chi connectivity index (χ0) is 18.7. The second-order valence-corrected chi connectivity index (χ2v) is 6.33. The van der Waals surface area contributed by atoms with Crippen molar-refractivity contribution in [2.45, 2.75) is 0 Å². The molecule has 26 heavy (non-hydrogen) atoms. The molecule has 0 unspecified atom stereocenters. The number of nitrogens with one attached hydrogen (secondary N) is 1. The standard InChI is InChI=1S/C18H13BrN2O5/c19-12-7-5-11(6-8-12)16(23)20-9-15(22)26-10-21-17(24)13-3-1-2-4-14(13)18(21)25/h1-8H,9-10H2,(H,20,23). The summed E-state index contributed by atoms with van der Waals surface area (Å²) < 4.78 is 5.75. The van der Waals surface area contributed by atoms with Crippen LogP contribution in [0.1, 0.15) is 31.1 Å². The number of halogens is 1. The van der Waals surface area contributed by atoms with Gasteiger partial charge >= 0.3 is 5.97 Å². The maximum Gasteiger partial charge on any atom is 0.327 e. The Balaban J connectivity index is 1.50. The lowest BCUT2D eigenvalue weighted by Crippen LogP contribution is -2.36.